The van der Waals surface area contributed by atoms with Crippen molar-refractivity contribution < 1.29 is 9.59 Å². The molecule has 5 heteroatoms. The Morgan fingerprint density at radius 2 is 1.73 bits per heavy atom. The van der Waals surface area contributed by atoms with E-state index in [1.807, 2.05) is 11.8 Å². The molecule has 0 radical (unpaired) electrons. The Morgan fingerprint density at radius 1 is 1.09 bits per heavy atom. The minimum Gasteiger partial charge on any atom is -0.353 e. The molecule has 1 aliphatic heterocycles. The van der Waals surface area contributed by atoms with Gasteiger partial charge in [-0.1, -0.05) is 26.2 Å². The predicted octanol–water partition coefficient (Wildman–Crippen LogP) is 2.66. The Hall–Kier alpha value is -1.26. The van der Waals surface area contributed by atoms with Crippen LogP contribution in [0, 0.1) is 5.92 Å². The van der Waals surface area contributed by atoms with Crippen LogP contribution in [-0.2, 0) is 4.79 Å². The highest BCUT2D eigenvalue weighted by atomic mass is 16.2. The van der Waals surface area contributed by atoms with Crippen LogP contribution in [0.15, 0.2) is 0 Å². The van der Waals surface area contributed by atoms with Crippen LogP contribution >= 0.6 is 0 Å². The van der Waals surface area contributed by atoms with Gasteiger partial charge in [0, 0.05) is 31.1 Å². The molecule has 2 fully saturated rings. The van der Waals surface area contributed by atoms with E-state index in [4.69, 9.17) is 0 Å². The van der Waals surface area contributed by atoms with Gasteiger partial charge in [-0.3, -0.25) is 4.79 Å². The summed E-state index contributed by atoms with van der Waals surface area (Å²) >= 11 is 0. The summed E-state index contributed by atoms with van der Waals surface area (Å²) in [6.07, 6.45) is 8.53. The molecule has 2 rings (SSSR count). The maximum absolute atomic E-state index is 12.3. The van der Waals surface area contributed by atoms with Crippen LogP contribution in [0.1, 0.15) is 65.2 Å². The van der Waals surface area contributed by atoms with E-state index in [1.54, 1.807) is 0 Å². The first kappa shape index (κ1) is 17.1. The molecule has 0 bridgehead atoms. The van der Waals surface area contributed by atoms with Crippen molar-refractivity contribution in [2.24, 2.45) is 5.92 Å². The van der Waals surface area contributed by atoms with Gasteiger partial charge in [0.15, 0.2) is 0 Å². The number of amides is 3. The van der Waals surface area contributed by atoms with Gasteiger partial charge < -0.3 is 15.5 Å². The van der Waals surface area contributed by atoms with Crippen molar-refractivity contribution in [3.8, 4) is 0 Å². The fraction of sp³-hybridized carbons (Fsp3) is 0.882. The summed E-state index contributed by atoms with van der Waals surface area (Å²) in [4.78, 5) is 26.3. The molecule has 1 atom stereocenters. The van der Waals surface area contributed by atoms with Crippen LogP contribution < -0.4 is 10.6 Å². The fourth-order valence-corrected chi connectivity index (χ4v) is 3.31. The van der Waals surface area contributed by atoms with E-state index in [-0.39, 0.29) is 23.9 Å². The van der Waals surface area contributed by atoms with E-state index in [0.717, 1.165) is 32.1 Å². The summed E-state index contributed by atoms with van der Waals surface area (Å²) in [7, 11) is 0. The molecule has 3 amide bonds. The van der Waals surface area contributed by atoms with E-state index in [9.17, 15) is 9.59 Å². The molecule has 0 aromatic carbocycles. The average Bonchev–Trinajstić information content (AvgIpc) is 2.55. The maximum Gasteiger partial charge on any atom is 0.317 e. The molecule has 2 N–H and O–H groups in total. The van der Waals surface area contributed by atoms with Gasteiger partial charge in [-0.25, -0.2) is 4.79 Å². The van der Waals surface area contributed by atoms with Crippen LogP contribution in [0.5, 0.6) is 0 Å². The van der Waals surface area contributed by atoms with Crippen LogP contribution in [0.4, 0.5) is 4.79 Å². The first-order valence-corrected chi connectivity index (χ1v) is 8.96. The first-order valence-electron chi connectivity index (χ1n) is 8.96. The van der Waals surface area contributed by atoms with Crippen molar-refractivity contribution in [1.29, 1.82) is 0 Å². The lowest BCUT2D eigenvalue weighted by Gasteiger charge is -2.33. The molecule has 5 nitrogen and oxygen atoms in total. The van der Waals surface area contributed by atoms with Crippen LogP contribution in [0.3, 0.4) is 0 Å². The van der Waals surface area contributed by atoms with Crippen molar-refractivity contribution >= 4 is 11.9 Å². The zero-order valence-electron chi connectivity index (χ0n) is 14.1. The van der Waals surface area contributed by atoms with Crippen LogP contribution in [0.2, 0.25) is 0 Å². The van der Waals surface area contributed by atoms with Gasteiger partial charge in [-0.2, -0.15) is 0 Å². The monoisotopic (exact) mass is 309 g/mol. The Balaban J connectivity index is 1.71. The number of piperidine rings is 1. The summed E-state index contributed by atoms with van der Waals surface area (Å²) < 4.78 is 0. The zero-order chi connectivity index (χ0) is 15.9. The normalized spacial score (nSPS) is 22.2. The van der Waals surface area contributed by atoms with Gasteiger partial charge in [-0.05, 0) is 39.0 Å². The summed E-state index contributed by atoms with van der Waals surface area (Å²) in [6.45, 7) is 5.45. The topological polar surface area (TPSA) is 61.4 Å². The maximum atomic E-state index is 12.3. The second kappa shape index (κ2) is 8.39. The quantitative estimate of drug-likeness (QED) is 0.838. The molecule has 1 saturated heterocycles. The third-order valence-electron chi connectivity index (χ3n) is 5.09. The molecule has 0 aromatic rings. The zero-order valence-corrected chi connectivity index (χ0v) is 14.1. The highest BCUT2D eigenvalue weighted by Crippen LogP contribution is 2.21. The number of carbonyl (C=O) groups is 2. The predicted molar refractivity (Wildman–Crippen MR) is 87.6 cm³/mol. The number of carbonyl (C=O) groups excluding carboxylic acids is 2. The largest absolute Gasteiger partial charge is 0.353 e. The minimum absolute atomic E-state index is 0.0143. The fourth-order valence-electron chi connectivity index (χ4n) is 3.31. The van der Waals surface area contributed by atoms with E-state index >= 15 is 0 Å². The molecular formula is C17H31N3O2. The number of likely N-dealkylation sites (tertiary alicyclic amines) is 1. The molecule has 1 heterocycles. The number of hydrogen-bond acceptors (Lipinski definition) is 2. The number of rotatable bonds is 4. The third kappa shape index (κ3) is 4.89. The first-order chi connectivity index (χ1) is 10.6. The van der Waals surface area contributed by atoms with Gasteiger partial charge in [-0.15, -0.1) is 0 Å². The van der Waals surface area contributed by atoms with Gasteiger partial charge >= 0.3 is 6.03 Å². The van der Waals surface area contributed by atoms with Crippen LogP contribution in [-0.4, -0.2) is 42.0 Å². The van der Waals surface area contributed by atoms with E-state index in [0.29, 0.717) is 19.1 Å². The molecule has 0 spiro atoms. The smallest absolute Gasteiger partial charge is 0.317 e. The van der Waals surface area contributed by atoms with Gasteiger partial charge in [0.05, 0.1) is 0 Å². The number of nitrogens with zero attached hydrogens (tertiary/aromatic N) is 1. The lowest BCUT2D eigenvalue weighted by atomic mass is 9.92. The molecular weight excluding hydrogens is 278 g/mol. The Kier molecular flexibility index (Phi) is 6.52. The lowest BCUT2D eigenvalue weighted by molar-refractivity contribution is -0.127. The SMILES string of the molecule is CCC(C)NC(=O)N1CCC(C(=O)NC2CCCCC2)CC1. The highest BCUT2D eigenvalue weighted by Gasteiger charge is 2.29. The van der Waals surface area contributed by atoms with E-state index in [2.05, 4.69) is 17.6 Å². The van der Waals surface area contributed by atoms with Gasteiger partial charge in [0.25, 0.3) is 0 Å². The molecule has 1 unspecified atom stereocenters. The summed E-state index contributed by atoms with van der Waals surface area (Å²) in [5.41, 5.74) is 0. The number of hydrogen-bond donors (Lipinski definition) is 2. The van der Waals surface area contributed by atoms with Gasteiger partial charge in [0.1, 0.15) is 0 Å². The summed E-state index contributed by atoms with van der Waals surface area (Å²) in [5, 5.41) is 6.21. The summed E-state index contributed by atoms with van der Waals surface area (Å²) in [5.74, 6) is 0.281. The summed E-state index contributed by atoms with van der Waals surface area (Å²) in [6, 6.07) is 0.605. The molecule has 1 aliphatic carbocycles. The molecule has 2 aliphatic rings. The van der Waals surface area contributed by atoms with Crippen molar-refractivity contribution in [2.45, 2.75) is 77.3 Å². The third-order valence-corrected chi connectivity index (χ3v) is 5.09. The van der Waals surface area contributed by atoms with E-state index in [1.165, 1.54) is 19.3 Å². The standard InChI is InChI=1S/C17H31N3O2/c1-3-13(2)18-17(22)20-11-9-14(10-12-20)16(21)19-15-7-5-4-6-8-15/h13-15H,3-12H2,1-2H3,(H,18,22)(H,19,21). The van der Waals surface area contributed by atoms with Crippen LogP contribution in [0.25, 0.3) is 0 Å². The molecule has 126 valence electrons. The average molecular weight is 309 g/mol. The lowest BCUT2D eigenvalue weighted by Crippen LogP contribution is -2.49. The number of nitrogens with one attached hydrogen (secondary N) is 2. The van der Waals surface area contributed by atoms with Crippen molar-refractivity contribution in [2.75, 3.05) is 13.1 Å². The highest BCUT2D eigenvalue weighted by molar-refractivity contribution is 5.80. The second-order valence-corrected chi connectivity index (χ2v) is 6.86. The molecule has 0 aromatic heterocycles. The minimum atomic E-state index is 0.0143. The van der Waals surface area contributed by atoms with Crippen molar-refractivity contribution in [1.82, 2.24) is 15.5 Å². The second-order valence-electron chi connectivity index (χ2n) is 6.86. The molecule has 1 saturated carbocycles. The van der Waals surface area contributed by atoms with Crippen molar-refractivity contribution in [3.63, 3.8) is 0 Å². The Morgan fingerprint density at radius 3 is 2.32 bits per heavy atom. The number of urea groups is 1. The van der Waals surface area contributed by atoms with Crippen molar-refractivity contribution in [3.05, 3.63) is 0 Å². The van der Waals surface area contributed by atoms with Gasteiger partial charge in [0.2, 0.25) is 5.91 Å². The Bertz CT molecular complexity index is 372. The van der Waals surface area contributed by atoms with E-state index < -0.39 is 0 Å². The Labute approximate surface area is 134 Å². The molecule has 22 heavy (non-hydrogen) atoms.